The molecule has 4 saturated heterocycles. The molecular weight excluding hydrogens is 1010 g/mol. The predicted octanol–water partition coefficient (Wildman–Crippen LogP) is 10.3. The van der Waals surface area contributed by atoms with Crippen molar-refractivity contribution in [1.82, 2.24) is 4.90 Å². The van der Waals surface area contributed by atoms with Crippen LogP contribution in [0.2, 0.25) is 0 Å². The SMILES string of the molecule is C=C1C(CC)OC(=O)[C@H](C)C(O[C@H]2C[C@@](C)(OC)[C@@H](OC(=O)c3ccccc3)[C@H](C)O2)[C@H](C)[C@@H](O[C@@H]2O[C@H](C)C[C@H](N(C)C(=O)OCc3ccccc3)[C@H]2OC(=O)c2ccccc2)[C@](C)(OC)C[C@@H](C)[C@@H]2OC(C)(C)O[C@@H]1[C@H]2C. The molecule has 0 spiro atoms. The fourth-order valence-corrected chi connectivity index (χ4v) is 12.1. The number of carbonyl (C=O) groups excluding carboxylic acids is 4. The average Bonchev–Trinajstić information content (AvgIpc) is 3.55. The quantitative estimate of drug-likeness (QED) is 0.0844. The van der Waals surface area contributed by atoms with Crippen molar-refractivity contribution in [1.29, 1.82) is 0 Å². The van der Waals surface area contributed by atoms with E-state index in [1.165, 1.54) is 4.90 Å². The summed E-state index contributed by atoms with van der Waals surface area (Å²) in [5, 5.41) is 0. The Balaban J connectivity index is 1.32. The number of nitrogens with zero attached hydrogens (tertiary/aromatic N) is 1. The van der Waals surface area contributed by atoms with Crippen molar-refractivity contribution in [3.8, 4) is 0 Å². The van der Waals surface area contributed by atoms with Gasteiger partial charge in [-0.2, -0.15) is 0 Å². The number of methoxy groups -OCH3 is 2. The highest BCUT2D eigenvalue weighted by Gasteiger charge is 2.56. The van der Waals surface area contributed by atoms with Crippen molar-refractivity contribution in [2.45, 2.75) is 199 Å². The molecule has 1 amide bonds. The van der Waals surface area contributed by atoms with Gasteiger partial charge in [0.2, 0.25) is 0 Å². The van der Waals surface area contributed by atoms with Crippen LogP contribution in [0.3, 0.4) is 0 Å². The normalized spacial score (nSPS) is 36.2. The highest BCUT2D eigenvalue weighted by Crippen LogP contribution is 2.46. The third kappa shape index (κ3) is 14.3. The maximum atomic E-state index is 15.1. The van der Waals surface area contributed by atoms with Gasteiger partial charge < -0.3 is 61.7 Å². The van der Waals surface area contributed by atoms with E-state index in [0.29, 0.717) is 24.0 Å². The molecule has 3 aromatic rings. The predicted molar refractivity (Wildman–Crippen MR) is 292 cm³/mol. The third-order valence-electron chi connectivity index (χ3n) is 16.5. The molecule has 4 aliphatic heterocycles. The minimum absolute atomic E-state index is 0.0101. The number of carbonyl (C=O) groups is 4. The van der Waals surface area contributed by atoms with E-state index in [-0.39, 0.29) is 36.8 Å². The summed E-state index contributed by atoms with van der Waals surface area (Å²) in [7, 11) is 4.75. The molecule has 0 N–H and O–H groups in total. The standard InChI is InChI=1S/C62H85NO16/c1-16-47-38(4)51-39(5)49(78-60(9,10)79-51)36(2)33-61(11,68-14)53(40(6)50(41(7)55(64)73-47)74-48-34-62(12,69-15)54(42(8)72-48)76-57(66)45-30-24-19-25-31-45)77-58-52(75-56(65)44-28-22-18-23-29-44)46(32-37(3)71-58)63(13)59(67)70-35-43-26-20-17-21-27-43/h17-31,36-37,39-42,46-54,58H,4,16,32-35H2,1-3,5-15H3/t36-,37-,39+,40+,41-,42+,46+,47?,48+,49+,50?,51+,52-,53-,54+,58+,61-,62-/m1/s1. The number of hydrogen-bond donors (Lipinski definition) is 0. The Hall–Kier alpha value is -5.24. The molecule has 0 aromatic heterocycles. The van der Waals surface area contributed by atoms with E-state index in [0.717, 1.165) is 5.56 Å². The smallest absolute Gasteiger partial charge is 0.410 e. The molecule has 7 rings (SSSR count). The first-order valence-electron chi connectivity index (χ1n) is 27.8. The van der Waals surface area contributed by atoms with Crippen LogP contribution in [-0.4, -0.2) is 141 Å². The lowest BCUT2D eigenvalue weighted by atomic mass is 9.74. The lowest BCUT2D eigenvalue weighted by Crippen LogP contribution is -2.62. The summed E-state index contributed by atoms with van der Waals surface area (Å²) in [6, 6.07) is 25.7. The molecule has 17 heteroatoms. The number of fused-ring (bicyclic) bond motifs is 2. The topological polar surface area (TPSA) is 182 Å². The second kappa shape index (κ2) is 26.1. The summed E-state index contributed by atoms with van der Waals surface area (Å²) in [6.07, 6.45) is -9.22. The Labute approximate surface area is 467 Å². The average molecular weight is 1100 g/mol. The molecule has 2 unspecified atom stereocenters. The minimum Gasteiger partial charge on any atom is -0.457 e. The van der Waals surface area contributed by atoms with E-state index >= 15 is 4.79 Å². The molecule has 17 nitrogen and oxygen atoms in total. The van der Waals surface area contributed by atoms with Crippen molar-refractivity contribution in [3.05, 3.63) is 120 Å². The number of esters is 3. The minimum atomic E-state index is -1.35. The molecule has 3 aromatic carbocycles. The molecule has 4 aliphatic rings. The zero-order valence-corrected chi connectivity index (χ0v) is 48.6. The van der Waals surface area contributed by atoms with Crippen LogP contribution in [0.1, 0.15) is 128 Å². The van der Waals surface area contributed by atoms with Gasteiger partial charge in [-0.05, 0) is 109 Å². The van der Waals surface area contributed by atoms with Crippen molar-refractivity contribution in [3.63, 3.8) is 0 Å². The first-order chi connectivity index (χ1) is 37.4. The summed E-state index contributed by atoms with van der Waals surface area (Å²) >= 11 is 0. The van der Waals surface area contributed by atoms with Crippen LogP contribution in [0.25, 0.3) is 0 Å². The number of ether oxygens (including phenoxy) is 12. The zero-order valence-electron chi connectivity index (χ0n) is 48.6. The monoisotopic (exact) mass is 1100 g/mol. The van der Waals surface area contributed by atoms with Gasteiger partial charge in [0.15, 0.2) is 30.6 Å². The Morgan fingerprint density at radius 2 is 1.28 bits per heavy atom. The summed E-state index contributed by atoms with van der Waals surface area (Å²) in [4.78, 5) is 58.4. The van der Waals surface area contributed by atoms with Gasteiger partial charge in [0.25, 0.3) is 0 Å². The molecule has 4 heterocycles. The Morgan fingerprint density at radius 3 is 1.86 bits per heavy atom. The van der Waals surface area contributed by atoms with Crippen LogP contribution in [-0.2, 0) is 68.2 Å². The lowest BCUT2D eigenvalue weighted by Gasteiger charge is -2.52. The van der Waals surface area contributed by atoms with Gasteiger partial charge in [-0.15, -0.1) is 0 Å². The van der Waals surface area contributed by atoms with Gasteiger partial charge in [0, 0.05) is 39.5 Å². The number of cyclic esters (lactones) is 1. The second-order valence-corrected chi connectivity index (χ2v) is 23.0. The van der Waals surface area contributed by atoms with E-state index < -0.39 is 126 Å². The van der Waals surface area contributed by atoms with Crippen LogP contribution in [0.5, 0.6) is 0 Å². The Morgan fingerprint density at radius 1 is 0.709 bits per heavy atom. The van der Waals surface area contributed by atoms with E-state index in [4.69, 9.17) is 56.8 Å². The summed E-state index contributed by atoms with van der Waals surface area (Å²) in [5.41, 5.74) is -0.336. The second-order valence-electron chi connectivity index (χ2n) is 23.0. The number of rotatable bonds is 14. The van der Waals surface area contributed by atoms with Crippen molar-refractivity contribution >= 4 is 24.0 Å². The molecule has 0 saturated carbocycles. The van der Waals surface area contributed by atoms with Crippen molar-refractivity contribution in [2.24, 2.45) is 23.7 Å². The van der Waals surface area contributed by atoms with E-state index in [2.05, 4.69) is 20.4 Å². The number of amides is 1. The first kappa shape index (κ1) is 61.4. The summed E-state index contributed by atoms with van der Waals surface area (Å²) < 4.78 is 79.3. The van der Waals surface area contributed by atoms with Gasteiger partial charge in [0.05, 0.1) is 65.3 Å². The van der Waals surface area contributed by atoms with Gasteiger partial charge in [0.1, 0.15) is 18.3 Å². The fraction of sp³-hybridized carbons (Fsp3) is 0.613. The number of likely N-dealkylation sites (N-methyl/N-ethyl adjacent to an activating group) is 1. The molecule has 0 aliphatic carbocycles. The van der Waals surface area contributed by atoms with Crippen molar-refractivity contribution < 1.29 is 76.0 Å². The van der Waals surface area contributed by atoms with Gasteiger partial charge in [-0.25, -0.2) is 14.4 Å². The van der Waals surface area contributed by atoms with E-state index in [9.17, 15) is 14.4 Å². The van der Waals surface area contributed by atoms with Crippen LogP contribution in [0.4, 0.5) is 4.79 Å². The van der Waals surface area contributed by atoms with Crippen LogP contribution in [0.15, 0.2) is 103 Å². The van der Waals surface area contributed by atoms with Crippen LogP contribution in [0, 0.1) is 23.7 Å². The summed E-state index contributed by atoms with van der Waals surface area (Å²) in [5.74, 6) is -5.14. The van der Waals surface area contributed by atoms with E-state index in [1.54, 1.807) is 89.7 Å². The van der Waals surface area contributed by atoms with Crippen molar-refractivity contribution in [2.75, 3.05) is 21.3 Å². The number of benzene rings is 3. The Bertz CT molecular complexity index is 2510. The molecular formula is C62H85NO16. The fourth-order valence-electron chi connectivity index (χ4n) is 12.1. The van der Waals surface area contributed by atoms with Gasteiger partial charge in [-0.3, -0.25) is 4.79 Å². The Kier molecular flexibility index (Phi) is 20.3. The number of hydrogen-bond acceptors (Lipinski definition) is 16. The molecule has 434 valence electrons. The molecule has 4 fully saturated rings. The molecule has 18 atom stereocenters. The maximum Gasteiger partial charge on any atom is 0.410 e. The largest absolute Gasteiger partial charge is 0.457 e. The maximum absolute atomic E-state index is 15.1. The zero-order chi connectivity index (χ0) is 57.6. The summed E-state index contributed by atoms with van der Waals surface area (Å²) in [6.45, 7) is 25.4. The molecule has 2 bridgehead atoms. The molecule has 79 heavy (non-hydrogen) atoms. The van der Waals surface area contributed by atoms with Crippen LogP contribution >= 0.6 is 0 Å². The molecule has 0 radical (unpaired) electrons. The van der Waals surface area contributed by atoms with Gasteiger partial charge in [-0.1, -0.05) is 101 Å². The highest BCUT2D eigenvalue weighted by molar-refractivity contribution is 5.90. The first-order valence-corrected chi connectivity index (χ1v) is 27.8. The van der Waals surface area contributed by atoms with Crippen LogP contribution < -0.4 is 0 Å². The van der Waals surface area contributed by atoms with Gasteiger partial charge >= 0.3 is 24.0 Å². The van der Waals surface area contributed by atoms with E-state index in [1.807, 2.05) is 84.9 Å². The third-order valence-corrected chi connectivity index (χ3v) is 16.5. The highest BCUT2D eigenvalue weighted by atomic mass is 16.7. The lowest BCUT2D eigenvalue weighted by molar-refractivity contribution is -0.329.